The Morgan fingerprint density at radius 3 is 2.76 bits per heavy atom. The quantitative estimate of drug-likeness (QED) is 0.629. The highest BCUT2D eigenvalue weighted by atomic mass is 19.1. The minimum Gasteiger partial charge on any atom is -0.486 e. The Morgan fingerprint density at radius 2 is 1.94 bits per heavy atom. The molecule has 0 bridgehead atoms. The molecule has 0 saturated carbocycles. The van der Waals surface area contributed by atoms with E-state index in [-0.39, 0.29) is 23.7 Å². The molecule has 172 valence electrons. The van der Waals surface area contributed by atoms with Gasteiger partial charge >= 0.3 is 0 Å². The molecule has 1 saturated heterocycles. The Kier molecular flexibility index (Phi) is 5.95. The molecule has 2 aromatic carbocycles. The van der Waals surface area contributed by atoms with Crippen molar-refractivity contribution in [3.63, 3.8) is 0 Å². The molecule has 2 aliphatic rings. The summed E-state index contributed by atoms with van der Waals surface area (Å²) in [6, 6.07) is 11.1. The maximum absolute atomic E-state index is 13.2. The molecule has 1 N–H and O–H groups in total. The fourth-order valence-electron chi connectivity index (χ4n) is 4.21. The molecular weight excluding hydrogens is 427 g/mol. The van der Waals surface area contributed by atoms with Crippen molar-refractivity contribution in [3.8, 4) is 22.9 Å². The summed E-state index contributed by atoms with van der Waals surface area (Å²) >= 11 is 0. The summed E-state index contributed by atoms with van der Waals surface area (Å²) < 4.78 is 29.8. The van der Waals surface area contributed by atoms with Crippen molar-refractivity contribution in [2.45, 2.75) is 31.7 Å². The lowest BCUT2D eigenvalue weighted by Gasteiger charge is -2.34. The van der Waals surface area contributed by atoms with Crippen LogP contribution in [0.5, 0.6) is 11.5 Å². The van der Waals surface area contributed by atoms with E-state index in [1.54, 1.807) is 24.3 Å². The number of carbonyl (C=O) groups is 1. The molecule has 0 radical (unpaired) electrons. The highest BCUT2D eigenvalue weighted by molar-refractivity contribution is 5.94. The molecule has 0 spiro atoms. The van der Waals surface area contributed by atoms with Gasteiger partial charge in [0.2, 0.25) is 17.6 Å². The number of fused-ring (bicyclic) bond motifs is 1. The normalized spacial score (nSPS) is 19.2. The number of rotatable bonds is 5. The van der Waals surface area contributed by atoms with Crippen molar-refractivity contribution in [3.05, 3.63) is 54.2 Å². The number of benzene rings is 2. The summed E-state index contributed by atoms with van der Waals surface area (Å²) in [7, 11) is 0. The summed E-state index contributed by atoms with van der Waals surface area (Å²) in [5.41, 5.74) is 1.37. The van der Waals surface area contributed by atoms with E-state index in [4.69, 9.17) is 14.0 Å². The van der Waals surface area contributed by atoms with E-state index in [1.165, 1.54) is 12.1 Å². The number of nitrogens with one attached hydrogen (secondary N) is 1. The first kappa shape index (κ1) is 21.4. The predicted octanol–water partition coefficient (Wildman–Crippen LogP) is 3.85. The largest absolute Gasteiger partial charge is 0.486 e. The van der Waals surface area contributed by atoms with Crippen LogP contribution in [-0.2, 0) is 4.79 Å². The van der Waals surface area contributed by atoms with Gasteiger partial charge in [0, 0.05) is 23.9 Å². The number of carbonyl (C=O) groups excluding carboxylic acids is 1. The molecule has 1 amide bonds. The zero-order valence-corrected chi connectivity index (χ0v) is 18.3. The highest BCUT2D eigenvalue weighted by Crippen LogP contribution is 2.33. The van der Waals surface area contributed by atoms with Gasteiger partial charge in [-0.15, -0.1) is 0 Å². The number of hydrogen-bond donors (Lipinski definition) is 1. The molecule has 0 aliphatic carbocycles. The maximum atomic E-state index is 13.2. The average Bonchev–Trinajstić information content (AvgIpc) is 3.34. The van der Waals surface area contributed by atoms with Crippen molar-refractivity contribution in [2.24, 2.45) is 0 Å². The number of aromatic nitrogens is 2. The molecule has 33 heavy (non-hydrogen) atoms. The van der Waals surface area contributed by atoms with E-state index in [0.717, 1.165) is 19.4 Å². The molecule has 9 heteroatoms. The number of amides is 1. The third-order valence-corrected chi connectivity index (χ3v) is 6.08. The number of ether oxygens (including phenoxy) is 2. The first-order chi connectivity index (χ1) is 16.1. The molecule has 1 aromatic heterocycles. The Hall–Kier alpha value is -3.46. The summed E-state index contributed by atoms with van der Waals surface area (Å²) in [5.74, 6) is 1.93. The third-order valence-electron chi connectivity index (χ3n) is 6.08. The highest BCUT2D eigenvalue weighted by Gasteiger charge is 2.31. The standard InChI is InChI=1S/C24H25FN4O4/c1-15(23(30)26-19-8-9-20-21(13-19)32-12-11-31-20)29-10-2-3-17(14-29)24-27-22(28-33-24)16-4-6-18(25)7-5-16/h4-9,13,15,17H,2-3,10-12,14H2,1H3,(H,26,30). The van der Waals surface area contributed by atoms with E-state index in [0.29, 0.717) is 54.2 Å². The number of hydrogen-bond acceptors (Lipinski definition) is 7. The summed E-state index contributed by atoms with van der Waals surface area (Å²) in [4.78, 5) is 19.6. The van der Waals surface area contributed by atoms with Crippen LogP contribution in [0.15, 0.2) is 47.0 Å². The second-order valence-corrected chi connectivity index (χ2v) is 8.32. The topological polar surface area (TPSA) is 89.7 Å². The minimum atomic E-state index is -0.333. The number of nitrogens with zero attached hydrogens (tertiary/aromatic N) is 3. The lowest BCUT2D eigenvalue weighted by molar-refractivity contribution is -0.121. The Balaban J connectivity index is 1.23. The number of piperidine rings is 1. The summed E-state index contributed by atoms with van der Waals surface area (Å²) in [6.07, 6.45) is 1.82. The summed E-state index contributed by atoms with van der Waals surface area (Å²) in [6.45, 7) is 4.37. The second kappa shape index (κ2) is 9.19. The lowest BCUT2D eigenvalue weighted by atomic mass is 9.96. The van der Waals surface area contributed by atoms with E-state index in [9.17, 15) is 9.18 Å². The molecule has 3 heterocycles. The smallest absolute Gasteiger partial charge is 0.241 e. The maximum Gasteiger partial charge on any atom is 0.241 e. The van der Waals surface area contributed by atoms with Gasteiger partial charge in [0.15, 0.2) is 11.5 Å². The van der Waals surface area contributed by atoms with Gasteiger partial charge in [-0.25, -0.2) is 4.39 Å². The minimum absolute atomic E-state index is 0.0324. The van der Waals surface area contributed by atoms with Gasteiger partial charge in [-0.1, -0.05) is 5.16 Å². The molecule has 3 aromatic rings. The zero-order chi connectivity index (χ0) is 22.8. The molecule has 8 nitrogen and oxygen atoms in total. The van der Waals surface area contributed by atoms with Crippen molar-refractivity contribution < 1.29 is 23.2 Å². The van der Waals surface area contributed by atoms with Crippen LogP contribution in [0.2, 0.25) is 0 Å². The van der Waals surface area contributed by atoms with E-state index < -0.39 is 0 Å². The predicted molar refractivity (Wildman–Crippen MR) is 119 cm³/mol. The molecule has 2 atom stereocenters. The molecule has 2 unspecified atom stereocenters. The van der Waals surface area contributed by atoms with Crippen LogP contribution in [0, 0.1) is 5.82 Å². The van der Waals surface area contributed by atoms with Gasteiger partial charge in [0.25, 0.3) is 0 Å². The van der Waals surface area contributed by atoms with E-state index in [1.807, 2.05) is 13.0 Å². The van der Waals surface area contributed by atoms with Crippen LogP contribution in [0.4, 0.5) is 10.1 Å². The molecule has 5 rings (SSSR count). The SMILES string of the molecule is CC(C(=O)Nc1ccc2c(c1)OCCO2)N1CCCC(c2nc(-c3ccc(F)cc3)no2)C1. The van der Waals surface area contributed by atoms with Crippen LogP contribution in [-0.4, -0.2) is 53.3 Å². The van der Waals surface area contributed by atoms with Gasteiger partial charge in [-0.2, -0.15) is 4.98 Å². The molecule has 1 fully saturated rings. The van der Waals surface area contributed by atoms with Gasteiger partial charge in [0.05, 0.1) is 12.0 Å². The molecule has 2 aliphatic heterocycles. The second-order valence-electron chi connectivity index (χ2n) is 8.32. The zero-order valence-electron chi connectivity index (χ0n) is 18.3. The average molecular weight is 452 g/mol. The third kappa shape index (κ3) is 4.68. The van der Waals surface area contributed by atoms with Crippen LogP contribution < -0.4 is 14.8 Å². The van der Waals surface area contributed by atoms with E-state index in [2.05, 4.69) is 20.4 Å². The first-order valence-corrected chi connectivity index (χ1v) is 11.1. The van der Waals surface area contributed by atoms with Gasteiger partial charge < -0.3 is 19.3 Å². The van der Waals surface area contributed by atoms with Crippen LogP contribution in [0.3, 0.4) is 0 Å². The van der Waals surface area contributed by atoms with Crippen molar-refractivity contribution in [1.29, 1.82) is 0 Å². The van der Waals surface area contributed by atoms with Gasteiger partial charge in [-0.3, -0.25) is 9.69 Å². The van der Waals surface area contributed by atoms with E-state index >= 15 is 0 Å². The van der Waals surface area contributed by atoms with Crippen molar-refractivity contribution >= 4 is 11.6 Å². The fourth-order valence-corrected chi connectivity index (χ4v) is 4.21. The van der Waals surface area contributed by atoms with Crippen LogP contribution >= 0.6 is 0 Å². The van der Waals surface area contributed by atoms with Gasteiger partial charge in [0.1, 0.15) is 19.0 Å². The monoisotopic (exact) mass is 452 g/mol. The number of likely N-dealkylation sites (tertiary alicyclic amines) is 1. The van der Waals surface area contributed by atoms with Crippen LogP contribution in [0.1, 0.15) is 31.6 Å². The Morgan fingerprint density at radius 1 is 1.15 bits per heavy atom. The lowest BCUT2D eigenvalue weighted by Crippen LogP contribution is -2.46. The van der Waals surface area contributed by atoms with Crippen molar-refractivity contribution in [2.75, 3.05) is 31.6 Å². The van der Waals surface area contributed by atoms with Gasteiger partial charge in [-0.05, 0) is 62.7 Å². The molecular formula is C24H25FN4O4. The Labute approximate surface area is 190 Å². The fraction of sp³-hybridized carbons (Fsp3) is 0.375. The first-order valence-electron chi connectivity index (χ1n) is 11.1. The van der Waals surface area contributed by atoms with Crippen LogP contribution in [0.25, 0.3) is 11.4 Å². The number of anilines is 1. The van der Waals surface area contributed by atoms with Crippen molar-refractivity contribution in [1.82, 2.24) is 15.0 Å². The summed E-state index contributed by atoms with van der Waals surface area (Å²) in [5, 5.41) is 7.03. The number of halogens is 1. The Bertz CT molecular complexity index is 1130.